The zero-order chi connectivity index (χ0) is 10.6. The minimum Gasteiger partial charge on any atom is -0.316 e. The van der Waals surface area contributed by atoms with Gasteiger partial charge in [0, 0.05) is 6.04 Å². The first-order chi connectivity index (χ1) is 6.65. The smallest absolute Gasteiger partial charge is 0.0133 e. The zero-order valence-corrected chi connectivity index (χ0v) is 10.4. The Hall–Kier alpha value is -0.340. The molecule has 0 radical (unpaired) electrons. The van der Waals surface area contributed by atoms with Gasteiger partial charge in [0.25, 0.3) is 0 Å². The molecule has 0 aliphatic carbocycles. The van der Waals surface area contributed by atoms with Crippen LogP contribution in [-0.4, -0.2) is 13.1 Å². The molecule has 80 valence electrons. The standard InChI is InChI=1S/C12H21NS/c1-9(2)10(3)12(13-4)7-11-5-6-14-8-11/h5-6,8-10,12-13H,7H2,1-4H3. The van der Waals surface area contributed by atoms with Crippen LogP contribution >= 0.6 is 11.3 Å². The third kappa shape index (κ3) is 3.10. The second-order valence-corrected chi connectivity index (χ2v) is 5.11. The topological polar surface area (TPSA) is 12.0 Å². The van der Waals surface area contributed by atoms with Crippen molar-refractivity contribution in [2.45, 2.75) is 33.2 Å². The van der Waals surface area contributed by atoms with Crippen molar-refractivity contribution >= 4 is 11.3 Å². The molecule has 0 aromatic carbocycles. The predicted molar refractivity (Wildman–Crippen MR) is 64.9 cm³/mol. The normalized spacial score (nSPS) is 15.8. The highest BCUT2D eigenvalue weighted by Crippen LogP contribution is 2.19. The summed E-state index contributed by atoms with van der Waals surface area (Å²) >= 11 is 1.78. The lowest BCUT2D eigenvalue weighted by molar-refractivity contribution is 0.310. The third-order valence-electron chi connectivity index (χ3n) is 3.09. The molecule has 1 heterocycles. The third-order valence-corrected chi connectivity index (χ3v) is 3.82. The van der Waals surface area contributed by atoms with E-state index in [4.69, 9.17) is 0 Å². The Morgan fingerprint density at radius 1 is 1.36 bits per heavy atom. The molecule has 0 saturated carbocycles. The molecule has 0 amide bonds. The minimum atomic E-state index is 0.601. The van der Waals surface area contributed by atoms with Crippen molar-refractivity contribution in [1.82, 2.24) is 5.32 Å². The van der Waals surface area contributed by atoms with E-state index in [1.807, 2.05) is 0 Å². The maximum atomic E-state index is 3.43. The van der Waals surface area contributed by atoms with Crippen molar-refractivity contribution in [2.24, 2.45) is 11.8 Å². The number of rotatable bonds is 5. The van der Waals surface area contributed by atoms with Crippen LogP contribution in [0.25, 0.3) is 0 Å². The van der Waals surface area contributed by atoms with Crippen LogP contribution in [0.5, 0.6) is 0 Å². The second kappa shape index (κ2) is 5.52. The molecule has 0 aliphatic heterocycles. The fourth-order valence-corrected chi connectivity index (χ4v) is 2.36. The Kier molecular flexibility index (Phi) is 4.63. The fourth-order valence-electron chi connectivity index (χ4n) is 1.68. The molecule has 0 fully saturated rings. The van der Waals surface area contributed by atoms with Crippen LogP contribution in [0.3, 0.4) is 0 Å². The van der Waals surface area contributed by atoms with Gasteiger partial charge < -0.3 is 5.32 Å². The van der Waals surface area contributed by atoms with Crippen molar-refractivity contribution in [3.63, 3.8) is 0 Å². The summed E-state index contributed by atoms with van der Waals surface area (Å²) in [5.41, 5.74) is 1.46. The monoisotopic (exact) mass is 211 g/mol. The van der Waals surface area contributed by atoms with Gasteiger partial charge in [-0.1, -0.05) is 20.8 Å². The van der Waals surface area contributed by atoms with Crippen molar-refractivity contribution in [3.05, 3.63) is 22.4 Å². The number of hydrogen-bond donors (Lipinski definition) is 1. The molecule has 0 saturated heterocycles. The molecule has 2 heteroatoms. The van der Waals surface area contributed by atoms with Gasteiger partial charge in [0.05, 0.1) is 0 Å². The molecule has 0 bridgehead atoms. The molecule has 1 N–H and O–H groups in total. The highest BCUT2D eigenvalue weighted by atomic mass is 32.1. The Balaban J connectivity index is 2.55. The fraction of sp³-hybridized carbons (Fsp3) is 0.667. The van der Waals surface area contributed by atoms with E-state index in [0.717, 1.165) is 18.3 Å². The number of thiophene rings is 1. The predicted octanol–water partition coefficient (Wildman–Crippen LogP) is 3.17. The van der Waals surface area contributed by atoms with Gasteiger partial charge >= 0.3 is 0 Å². The largest absolute Gasteiger partial charge is 0.316 e. The van der Waals surface area contributed by atoms with Gasteiger partial charge in [-0.3, -0.25) is 0 Å². The van der Waals surface area contributed by atoms with Crippen molar-refractivity contribution in [1.29, 1.82) is 0 Å². The molecule has 1 aromatic rings. The van der Waals surface area contributed by atoms with Crippen LogP contribution in [0, 0.1) is 11.8 Å². The minimum absolute atomic E-state index is 0.601. The average molecular weight is 211 g/mol. The summed E-state index contributed by atoms with van der Waals surface area (Å²) in [4.78, 5) is 0. The van der Waals surface area contributed by atoms with Gasteiger partial charge in [0.15, 0.2) is 0 Å². The van der Waals surface area contributed by atoms with E-state index in [1.165, 1.54) is 5.56 Å². The van der Waals surface area contributed by atoms with E-state index in [2.05, 4.69) is 50.0 Å². The lowest BCUT2D eigenvalue weighted by Gasteiger charge is -2.26. The highest BCUT2D eigenvalue weighted by Gasteiger charge is 2.18. The van der Waals surface area contributed by atoms with Gasteiger partial charge in [0.1, 0.15) is 0 Å². The summed E-state index contributed by atoms with van der Waals surface area (Å²) in [6.45, 7) is 6.92. The molecular weight excluding hydrogens is 190 g/mol. The van der Waals surface area contributed by atoms with Gasteiger partial charge in [-0.2, -0.15) is 11.3 Å². The van der Waals surface area contributed by atoms with Gasteiger partial charge in [-0.05, 0) is 47.7 Å². The first-order valence-corrected chi connectivity index (χ1v) is 6.27. The van der Waals surface area contributed by atoms with Gasteiger partial charge in [-0.25, -0.2) is 0 Å². The maximum absolute atomic E-state index is 3.43. The molecule has 1 aromatic heterocycles. The molecule has 2 atom stereocenters. The van der Waals surface area contributed by atoms with E-state index < -0.39 is 0 Å². The molecular formula is C12H21NS. The number of hydrogen-bond acceptors (Lipinski definition) is 2. The maximum Gasteiger partial charge on any atom is 0.0133 e. The van der Waals surface area contributed by atoms with E-state index in [1.54, 1.807) is 11.3 Å². The summed E-state index contributed by atoms with van der Waals surface area (Å²) in [7, 11) is 2.07. The van der Waals surface area contributed by atoms with Crippen molar-refractivity contribution in [3.8, 4) is 0 Å². The van der Waals surface area contributed by atoms with Crippen molar-refractivity contribution < 1.29 is 0 Å². The molecule has 2 unspecified atom stereocenters. The summed E-state index contributed by atoms with van der Waals surface area (Å²) < 4.78 is 0. The number of nitrogens with one attached hydrogen (secondary N) is 1. The van der Waals surface area contributed by atoms with Gasteiger partial charge in [-0.15, -0.1) is 0 Å². The molecule has 0 spiro atoms. The Morgan fingerprint density at radius 3 is 2.50 bits per heavy atom. The van der Waals surface area contributed by atoms with Crippen molar-refractivity contribution in [2.75, 3.05) is 7.05 Å². The second-order valence-electron chi connectivity index (χ2n) is 4.33. The summed E-state index contributed by atoms with van der Waals surface area (Å²) in [6.07, 6.45) is 1.15. The van der Waals surface area contributed by atoms with Gasteiger partial charge in [0.2, 0.25) is 0 Å². The van der Waals surface area contributed by atoms with E-state index in [0.29, 0.717) is 6.04 Å². The highest BCUT2D eigenvalue weighted by molar-refractivity contribution is 7.07. The molecule has 1 rings (SSSR count). The summed E-state index contributed by atoms with van der Waals surface area (Å²) in [6, 6.07) is 2.83. The Morgan fingerprint density at radius 2 is 2.07 bits per heavy atom. The lowest BCUT2D eigenvalue weighted by atomic mass is 9.87. The van der Waals surface area contributed by atoms with Crippen LogP contribution < -0.4 is 5.32 Å². The quantitative estimate of drug-likeness (QED) is 0.789. The first kappa shape index (κ1) is 11.7. The zero-order valence-electron chi connectivity index (χ0n) is 9.58. The van der Waals surface area contributed by atoms with Crippen LogP contribution in [-0.2, 0) is 6.42 Å². The molecule has 1 nitrogen and oxygen atoms in total. The average Bonchev–Trinajstić information content (AvgIpc) is 2.65. The van der Waals surface area contributed by atoms with E-state index >= 15 is 0 Å². The van der Waals surface area contributed by atoms with Crippen LogP contribution in [0.15, 0.2) is 16.8 Å². The Bertz CT molecular complexity index is 241. The number of likely N-dealkylation sites (N-methyl/N-ethyl adjacent to an activating group) is 1. The SMILES string of the molecule is CNC(Cc1ccsc1)C(C)C(C)C. The Labute approximate surface area is 91.5 Å². The summed E-state index contributed by atoms with van der Waals surface area (Å²) in [5, 5.41) is 7.83. The van der Waals surface area contributed by atoms with Crippen LogP contribution in [0.1, 0.15) is 26.3 Å². The van der Waals surface area contributed by atoms with E-state index in [9.17, 15) is 0 Å². The first-order valence-electron chi connectivity index (χ1n) is 5.33. The molecule has 0 aliphatic rings. The van der Waals surface area contributed by atoms with Crippen LogP contribution in [0.2, 0.25) is 0 Å². The lowest BCUT2D eigenvalue weighted by Crippen LogP contribution is -2.36. The summed E-state index contributed by atoms with van der Waals surface area (Å²) in [5.74, 6) is 1.46. The van der Waals surface area contributed by atoms with E-state index in [-0.39, 0.29) is 0 Å². The van der Waals surface area contributed by atoms with Crippen LogP contribution in [0.4, 0.5) is 0 Å². The molecule has 14 heavy (non-hydrogen) atoms.